The summed E-state index contributed by atoms with van der Waals surface area (Å²) >= 11 is 0. The van der Waals surface area contributed by atoms with Crippen molar-refractivity contribution in [2.75, 3.05) is 18.0 Å². The lowest BCUT2D eigenvalue weighted by atomic mass is 9.96. The van der Waals surface area contributed by atoms with E-state index < -0.39 is 5.60 Å². The van der Waals surface area contributed by atoms with Gasteiger partial charge in [-0.05, 0) is 32.3 Å². The van der Waals surface area contributed by atoms with Crippen LogP contribution in [0.4, 0.5) is 5.82 Å². The third-order valence-corrected chi connectivity index (χ3v) is 5.37. The van der Waals surface area contributed by atoms with Crippen LogP contribution in [0, 0.1) is 0 Å². The van der Waals surface area contributed by atoms with E-state index in [2.05, 4.69) is 15.0 Å². The Morgan fingerprint density at radius 2 is 2.00 bits per heavy atom. The molecule has 1 aliphatic rings. The number of hydrogen-bond donors (Lipinski definition) is 2. The maximum absolute atomic E-state index is 12.8. The lowest BCUT2D eigenvalue weighted by Gasteiger charge is -2.32. The van der Waals surface area contributed by atoms with Gasteiger partial charge in [-0.1, -0.05) is 24.3 Å². The summed E-state index contributed by atoms with van der Waals surface area (Å²) in [5.41, 5.74) is 1.76. The van der Waals surface area contributed by atoms with Gasteiger partial charge in [-0.25, -0.2) is 4.98 Å². The third kappa shape index (κ3) is 4.16. The number of nitrogens with zero attached hydrogens (tertiary/aromatic N) is 4. The summed E-state index contributed by atoms with van der Waals surface area (Å²) in [5.74, 6) is 0.812. The fourth-order valence-corrected chi connectivity index (χ4v) is 3.76. The summed E-state index contributed by atoms with van der Waals surface area (Å²) < 4.78 is 1.75. The lowest BCUT2D eigenvalue weighted by Crippen LogP contribution is -2.39. The first-order valence-electron chi connectivity index (χ1n) is 9.94. The quantitative estimate of drug-likeness (QED) is 0.646. The summed E-state index contributed by atoms with van der Waals surface area (Å²) in [6.45, 7) is 4.81. The van der Waals surface area contributed by atoms with E-state index in [1.807, 2.05) is 12.1 Å². The maximum atomic E-state index is 12.8. The predicted molar refractivity (Wildman–Crippen MR) is 110 cm³/mol. The number of β-amino-alcohol motifs (C(OH)–C–C–N with tert-alkyl or cyclic N) is 1. The maximum Gasteiger partial charge on any atom is 0.168 e. The van der Waals surface area contributed by atoms with E-state index in [0.717, 1.165) is 30.8 Å². The van der Waals surface area contributed by atoms with Crippen molar-refractivity contribution in [3.05, 3.63) is 59.4 Å². The van der Waals surface area contributed by atoms with Crippen molar-refractivity contribution < 1.29 is 15.0 Å². The zero-order chi connectivity index (χ0) is 20.6. The van der Waals surface area contributed by atoms with Crippen LogP contribution in [-0.4, -0.2) is 49.8 Å². The fraction of sp³-hybridized carbons (Fsp3) is 0.409. The van der Waals surface area contributed by atoms with Crippen molar-refractivity contribution in [1.29, 1.82) is 0 Å². The average Bonchev–Trinajstić information content (AvgIpc) is 3.15. The predicted octanol–water partition coefficient (Wildman–Crippen LogP) is 2.34. The van der Waals surface area contributed by atoms with Crippen LogP contribution in [0.3, 0.4) is 0 Å². The van der Waals surface area contributed by atoms with Crippen molar-refractivity contribution in [2.24, 2.45) is 0 Å². The summed E-state index contributed by atoms with van der Waals surface area (Å²) in [4.78, 5) is 19.5. The Morgan fingerprint density at radius 3 is 2.69 bits per heavy atom. The van der Waals surface area contributed by atoms with Crippen molar-refractivity contribution >= 4 is 17.2 Å². The molecule has 152 valence electrons. The molecule has 3 heterocycles. The number of carbonyl (C=O) groups is 1. The van der Waals surface area contributed by atoms with E-state index in [9.17, 15) is 15.0 Å². The zero-order valence-corrected chi connectivity index (χ0v) is 16.7. The van der Waals surface area contributed by atoms with Gasteiger partial charge in [-0.15, -0.1) is 0 Å². The normalized spacial score (nSPS) is 17.7. The third-order valence-electron chi connectivity index (χ3n) is 5.37. The van der Waals surface area contributed by atoms with Gasteiger partial charge in [0.1, 0.15) is 5.82 Å². The standard InChI is InChI=1S/C22H26N4O3/c1-22(2,29)16-7-5-15(6-8-16)19(28)12-17-13-21(25-11-3-4-18(27)14-25)26-20(24-17)9-10-23-26/h5-10,13,18,27,29H,3-4,11-12,14H2,1-2H3/t18-/m0/s1. The number of rotatable bonds is 5. The Morgan fingerprint density at radius 1 is 1.24 bits per heavy atom. The highest BCUT2D eigenvalue weighted by Crippen LogP contribution is 2.23. The van der Waals surface area contributed by atoms with Gasteiger partial charge in [0.05, 0.1) is 30.0 Å². The number of fused-ring (bicyclic) bond motifs is 1. The molecule has 4 rings (SSSR count). The molecule has 1 fully saturated rings. The van der Waals surface area contributed by atoms with E-state index in [4.69, 9.17) is 0 Å². The summed E-state index contributed by atoms with van der Waals surface area (Å²) in [6.07, 6.45) is 3.21. The van der Waals surface area contributed by atoms with Crippen LogP contribution in [0.15, 0.2) is 42.6 Å². The second kappa shape index (κ2) is 7.57. The van der Waals surface area contributed by atoms with E-state index in [-0.39, 0.29) is 18.3 Å². The Labute approximate surface area is 169 Å². The molecule has 0 aliphatic carbocycles. The molecule has 0 radical (unpaired) electrons. The van der Waals surface area contributed by atoms with Gasteiger partial charge in [-0.3, -0.25) is 4.79 Å². The van der Waals surface area contributed by atoms with E-state index in [1.54, 1.807) is 48.8 Å². The smallest absolute Gasteiger partial charge is 0.168 e. The molecule has 0 amide bonds. The zero-order valence-electron chi connectivity index (χ0n) is 16.7. The lowest BCUT2D eigenvalue weighted by molar-refractivity contribution is 0.0784. The number of benzene rings is 1. The minimum Gasteiger partial charge on any atom is -0.391 e. The number of hydrogen-bond acceptors (Lipinski definition) is 6. The van der Waals surface area contributed by atoms with E-state index in [0.29, 0.717) is 23.4 Å². The first-order valence-corrected chi connectivity index (χ1v) is 9.94. The minimum atomic E-state index is -0.940. The van der Waals surface area contributed by atoms with Crippen molar-refractivity contribution in [1.82, 2.24) is 14.6 Å². The minimum absolute atomic E-state index is 0.0340. The van der Waals surface area contributed by atoms with Gasteiger partial charge >= 0.3 is 0 Å². The second-order valence-corrected chi connectivity index (χ2v) is 8.19. The number of piperidine rings is 1. The van der Waals surface area contributed by atoms with Gasteiger partial charge in [0.2, 0.25) is 0 Å². The number of aliphatic hydroxyl groups excluding tert-OH is 1. The molecule has 7 heteroatoms. The summed E-state index contributed by atoms with van der Waals surface area (Å²) in [7, 11) is 0. The number of carbonyl (C=O) groups excluding carboxylic acids is 1. The molecule has 0 saturated carbocycles. The number of aromatic nitrogens is 3. The van der Waals surface area contributed by atoms with Crippen molar-refractivity contribution in [2.45, 2.75) is 44.8 Å². The topological polar surface area (TPSA) is 91.0 Å². The molecular formula is C22H26N4O3. The average molecular weight is 394 g/mol. The van der Waals surface area contributed by atoms with Crippen LogP contribution in [0.1, 0.15) is 48.3 Å². The number of aliphatic hydroxyl groups is 2. The number of Topliss-reactive ketones (excluding diaryl/α,β-unsaturated/α-hetero) is 1. The second-order valence-electron chi connectivity index (χ2n) is 8.19. The van der Waals surface area contributed by atoms with Crippen LogP contribution in [0.2, 0.25) is 0 Å². The largest absolute Gasteiger partial charge is 0.391 e. The van der Waals surface area contributed by atoms with Crippen LogP contribution in [-0.2, 0) is 12.0 Å². The highest BCUT2D eigenvalue weighted by molar-refractivity contribution is 5.97. The van der Waals surface area contributed by atoms with E-state index >= 15 is 0 Å². The van der Waals surface area contributed by atoms with Crippen LogP contribution in [0.5, 0.6) is 0 Å². The molecule has 0 bridgehead atoms. The first-order chi connectivity index (χ1) is 13.8. The highest BCUT2D eigenvalue weighted by atomic mass is 16.3. The Hall–Kier alpha value is -2.77. The van der Waals surface area contributed by atoms with Crippen LogP contribution >= 0.6 is 0 Å². The summed E-state index contributed by atoms with van der Waals surface area (Å²) in [5, 5.41) is 24.5. The molecule has 1 saturated heterocycles. The molecule has 2 aromatic heterocycles. The SMILES string of the molecule is CC(C)(O)c1ccc(C(=O)Cc2cc(N3CCC[C@H](O)C3)n3nccc3n2)cc1. The molecule has 2 N–H and O–H groups in total. The molecule has 0 unspecified atom stereocenters. The molecule has 29 heavy (non-hydrogen) atoms. The monoisotopic (exact) mass is 394 g/mol. The van der Waals surface area contributed by atoms with Gasteiger partial charge in [0.15, 0.2) is 11.4 Å². The molecule has 1 atom stereocenters. The van der Waals surface area contributed by atoms with Crippen LogP contribution in [0.25, 0.3) is 5.65 Å². The Bertz CT molecular complexity index is 1020. The van der Waals surface area contributed by atoms with Crippen LogP contribution < -0.4 is 4.90 Å². The van der Waals surface area contributed by atoms with Crippen molar-refractivity contribution in [3.8, 4) is 0 Å². The first kappa shape index (κ1) is 19.5. The van der Waals surface area contributed by atoms with Crippen molar-refractivity contribution in [3.63, 3.8) is 0 Å². The highest BCUT2D eigenvalue weighted by Gasteiger charge is 2.22. The van der Waals surface area contributed by atoms with Gasteiger partial charge in [-0.2, -0.15) is 9.61 Å². The molecule has 3 aromatic rings. The molecule has 1 aliphatic heterocycles. The van der Waals surface area contributed by atoms with Gasteiger partial charge < -0.3 is 15.1 Å². The number of anilines is 1. The Kier molecular flexibility index (Phi) is 5.10. The van der Waals surface area contributed by atoms with Gasteiger partial charge in [0.25, 0.3) is 0 Å². The fourth-order valence-electron chi connectivity index (χ4n) is 3.76. The Balaban J connectivity index is 1.60. The number of ketones is 1. The summed E-state index contributed by atoms with van der Waals surface area (Å²) in [6, 6.07) is 10.8. The molecule has 1 aromatic carbocycles. The molecular weight excluding hydrogens is 368 g/mol. The molecule has 0 spiro atoms. The van der Waals surface area contributed by atoms with Gasteiger partial charge in [0, 0.05) is 30.8 Å². The molecule has 7 nitrogen and oxygen atoms in total. The van der Waals surface area contributed by atoms with E-state index in [1.165, 1.54) is 0 Å².